The number of benzene rings is 1. The fourth-order valence-corrected chi connectivity index (χ4v) is 5.44. The number of aromatic nitrogens is 1. The topological polar surface area (TPSA) is 88.6 Å². The van der Waals surface area contributed by atoms with Crippen LogP contribution in [-0.4, -0.2) is 49.4 Å². The maximum atomic E-state index is 12.9. The Morgan fingerprint density at radius 3 is 2.64 bits per heavy atom. The largest absolute Gasteiger partial charge is 0.492 e. The lowest BCUT2D eigenvalue weighted by atomic mass is 9.86. The molecule has 0 bridgehead atoms. The Morgan fingerprint density at radius 2 is 1.97 bits per heavy atom. The number of nitrogens with zero attached hydrogens (tertiary/aromatic N) is 2. The van der Waals surface area contributed by atoms with Crippen LogP contribution < -0.4 is 10.1 Å². The number of pyridine rings is 1. The lowest BCUT2D eigenvalue weighted by Crippen LogP contribution is -2.49. The van der Waals surface area contributed by atoms with Crippen LogP contribution in [0.2, 0.25) is 10.0 Å². The van der Waals surface area contributed by atoms with Gasteiger partial charge in [-0.05, 0) is 49.9 Å². The zero-order chi connectivity index (χ0) is 24.1. The quantitative estimate of drug-likeness (QED) is 0.497. The highest BCUT2D eigenvalue weighted by Crippen LogP contribution is 2.29. The molecule has 1 N–H and O–H groups in total. The van der Waals surface area contributed by atoms with Crippen molar-refractivity contribution in [3.63, 3.8) is 0 Å². The Balaban J connectivity index is 1.44. The number of carbonyl (C=O) groups excluding carboxylic acids is 1. The highest BCUT2D eigenvalue weighted by atomic mass is 35.5. The van der Waals surface area contributed by atoms with Crippen molar-refractivity contribution >= 4 is 39.1 Å². The van der Waals surface area contributed by atoms with E-state index in [1.165, 1.54) is 10.5 Å². The molecule has 1 aliphatic rings. The van der Waals surface area contributed by atoms with Gasteiger partial charge in [-0.2, -0.15) is 4.31 Å². The molecule has 1 aromatic carbocycles. The van der Waals surface area contributed by atoms with E-state index in [9.17, 15) is 13.2 Å². The Hall–Kier alpha value is -1.87. The van der Waals surface area contributed by atoms with Crippen LogP contribution in [0.5, 0.6) is 5.75 Å². The maximum absolute atomic E-state index is 12.9. The van der Waals surface area contributed by atoms with Crippen molar-refractivity contribution in [3.05, 3.63) is 52.8 Å². The highest BCUT2D eigenvalue weighted by Gasteiger charge is 2.33. The van der Waals surface area contributed by atoms with Crippen LogP contribution in [0.3, 0.4) is 0 Å². The second-order valence-electron chi connectivity index (χ2n) is 8.75. The van der Waals surface area contributed by atoms with E-state index in [-0.39, 0.29) is 16.8 Å². The molecule has 1 aromatic heterocycles. The first-order chi connectivity index (χ1) is 15.6. The Labute approximate surface area is 205 Å². The molecule has 2 heterocycles. The minimum atomic E-state index is -3.56. The second kappa shape index (κ2) is 11.0. The molecule has 10 heteroatoms. The van der Waals surface area contributed by atoms with Crippen molar-refractivity contribution in [3.8, 4) is 5.75 Å². The number of halogens is 2. The van der Waals surface area contributed by atoms with Gasteiger partial charge in [0.25, 0.3) is 0 Å². The first-order valence-corrected chi connectivity index (χ1v) is 13.1. The highest BCUT2D eigenvalue weighted by molar-refractivity contribution is 7.89. The lowest BCUT2D eigenvalue weighted by Gasteiger charge is -2.33. The Morgan fingerprint density at radius 1 is 1.24 bits per heavy atom. The number of hydrogen-bond acceptors (Lipinski definition) is 5. The fourth-order valence-electron chi connectivity index (χ4n) is 3.67. The van der Waals surface area contributed by atoms with E-state index in [2.05, 4.69) is 10.3 Å². The van der Waals surface area contributed by atoms with Crippen molar-refractivity contribution in [2.75, 3.05) is 19.7 Å². The molecule has 0 spiro atoms. The van der Waals surface area contributed by atoms with Gasteiger partial charge >= 0.3 is 0 Å². The van der Waals surface area contributed by atoms with Gasteiger partial charge in [-0.15, -0.1) is 0 Å². The number of nitrogens with one attached hydrogen (secondary N) is 1. The minimum absolute atomic E-state index is 0.0446. The summed E-state index contributed by atoms with van der Waals surface area (Å²) in [7, 11) is -3.56. The third-order valence-corrected chi connectivity index (χ3v) is 8.20. The van der Waals surface area contributed by atoms with Crippen LogP contribution in [0, 0.1) is 5.41 Å². The van der Waals surface area contributed by atoms with Gasteiger partial charge in [0.15, 0.2) is 0 Å². The van der Waals surface area contributed by atoms with E-state index < -0.39 is 15.4 Å². The van der Waals surface area contributed by atoms with E-state index in [1.54, 1.807) is 36.5 Å². The van der Waals surface area contributed by atoms with Gasteiger partial charge in [-0.1, -0.05) is 37.0 Å². The predicted octanol–water partition coefficient (Wildman–Crippen LogP) is 4.54. The van der Waals surface area contributed by atoms with Crippen molar-refractivity contribution in [1.29, 1.82) is 0 Å². The summed E-state index contributed by atoms with van der Waals surface area (Å²) < 4.78 is 32.6. The van der Waals surface area contributed by atoms with Gasteiger partial charge < -0.3 is 10.1 Å². The Kier molecular flexibility index (Phi) is 8.61. The normalized spacial score (nSPS) is 15.9. The van der Waals surface area contributed by atoms with Gasteiger partial charge in [0.2, 0.25) is 15.9 Å². The van der Waals surface area contributed by atoms with Crippen molar-refractivity contribution in [2.24, 2.45) is 5.41 Å². The van der Waals surface area contributed by atoms with Gasteiger partial charge in [0.05, 0.1) is 11.6 Å². The average molecular weight is 514 g/mol. The minimum Gasteiger partial charge on any atom is -0.492 e. The van der Waals surface area contributed by atoms with Crippen molar-refractivity contribution in [2.45, 2.75) is 50.5 Å². The van der Waals surface area contributed by atoms with Gasteiger partial charge in [0.1, 0.15) is 10.6 Å². The summed E-state index contributed by atoms with van der Waals surface area (Å²) in [5.41, 5.74) is -0.583. The van der Waals surface area contributed by atoms with Crippen molar-refractivity contribution < 1.29 is 17.9 Å². The summed E-state index contributed by atoms with van der Waals surface area (Å²) in [5, 5.41) is 4.14. The summed E-state index contributed by atoms with van der Waals surface area (Å²) in [6.45, 7) is 4.93. The molecule has 0 atom stereocenters. The summed E-state index contributed by atoms with van der Waals surface area (Å²) in [6, 6.07) is 8.15. The monoisotopic (exact) mass is 513 g/mol. The summed E-state index contributed by atoms with van der Waals surface area (Å²) in [5.74, 6) is 0.483. The van der Waals surface area contributed by atoms with E-state index >= 15 is 0 Å². The van der Waals surface area contributed by atoms with Gasteiger partial charge in [0, 0.05) is 48.0 Å². The molecule has 1 amide bonds. The fraction of sp³-hybridized carbons (Fsp3) is 0.478. The van der Waals surface area contributed by atoms with Crippen molar-refractivity contribution in [1.82, 2.24) is 14.6 Å². The number of ether oxygens (including phenoxy) is 1. The van der Waals surface area contributed by atoms with Crippen LogP contribution in [0.25, 0.3) is 0 Å². The second-order valence-corrected chi connectivity index (χ2v) is 11.5. The Bertz CT molecular complexity index is 1060. The number of carbonyl (C=O) groups is 1. The molecule has 1 fully saturated rings. The lowest BCUT2D eigenvalue weighted by molar-refractivity contribution is -0.130. The standard InChI is InChI=1S/C23H29Cl2N3O4S/c1-23(2,10-4-14-32-21-15-17(24)6-7-20(21)25)22(29)27-18-8-12-28(13-9-18)33(30,31)19-5-3-11-26-16-19/h3,5-7,11,15-16,18H,4,8-10,12-14H2,1-2H3,(H,27,29). The molecule has 0 saturated carbocycles. The number of hydrogen-bond donors (Lipinski definition) is 1. The zero-order valence-electron chi connectivity index (χ0n) is 18.8. The zero-order valence-corrected chi connectivity index (χ0v) is 21.1. The molecule has 0 unspecified atom stereocenters. The molecule has 7 nitrogen and oxygen atoms in total. The number of rotatable bonds is 9. The molecule has 180 valence electrons. The van der Waals surface area contributed by atoms with Crippen LogP contribution in [0.1, 0.15) is 39.5 Å². The van der Waals surface area contributed by atoms with Crippen LogP contribution in [0.15, 0.2) is 47.6 Å². The third-order valence-electron chi connectivity index (χ3n) is 5.77. The number of amides is 1. The molecular weight excluding hydrogens is 485 g/mol. The number of piperidine rings is 1. The summed E-state index contributed by atoms with van der Waals surface area (Å²) in [6.07, 6.45) is 5.34. The van der Waals surface area contributed by atoms with Gasteiger partial charge in [-0.3, -0.25) is 9.78 Å². The van der Waals surface area contributed by atoms with Crippen LogP contribution >= 0.6 is 23.2 Å². The average Bonchev–Trinajstić information content (AvgIpc) is 2.80. The first-order valence-electron chi connectivity index (χ1n) is 10.9. The third kappa shape index (κ3) is 6.82. The molecule has 33 heavy (non-hydrogen) atoms. The predicted molar refractivity (Wildman–Crippen MR) is 129 cm³/mol. The van der Waals surface area contributed by atoms with Crippen LogP contribution in [-0.2, 0) is 14.8 Å². The van der Waals surface area contributed by atoms with E-state index in [0.29, 0.717) is 61.2 Å². The molecule has 3 rings (SSSR count). The smallest absolute Gasteiger partial charge is 0.244 e. The molecule has 0 aliphatic carbocycles. The summed E-state index contributed by atoms with van der Waals surface area (Å²) in [4.78, 5) is 17.0. The van der Waals surface area contributed by atoms with E-state index in [4.69, 9.17) is 27.9 Å². The van der Waals surface area contributed by atoms with Crippen LogP contribution in [0.4, 0.5) is 0 Å². The molecule has 1 aliphatic heterocycles. The first kappa shape index (κ1) is 25.7. The van der Waals surface area contributed by atoms with E-state index in [1.807, 2.05) is 13.8 Å². The molecular formula is C23H29Cl2N3O4S. The molecule has 2 aromatic rings. The van der Waals surface area contributed by atoms with Gasteiger partial charge in [-0.25, -0.2) is 8.42 Å². The van der Waals surface area contributed by atoms with E-state index in [0.717, 1.165) is 0 Å². The summed E-state index contributed by atoms with van der Waals surface area (Å²) >= 11 is 12.1. The molecule has 0 radical (unpaired) electrons. The number of sulfonamides is 1. The SMILES string of the molecule is CC(C)(CCCOc1cc(Cl)ccc1Cl)C(=O)NC1CCN(S(=O)(=O)c2cccnc2)CC1. The molecule has 1 saturated heterocycles. The maximum Gasteiger partial charge on any atom is 0.244 e.